The molecule has 1 rings (SSSR count). The lowest BCUT2D eigenvalue weighted by Crippen LogP contribution is -2.44. The van der Waals surface area contributed by atoms with Gasteiger partial charge in [-0.15, -0.1) is 0 Å². The molecule has 0 N–H and O–H groups in total. The van der Waals surface area contributed by atoms with Crippen LogP contribution in [-0.2, 0) is 0 Å². The molecular weight excluding hydrogens is 216 g/mol. The second kappa shape index (κ2) is 5.17. The molecule has 0 nitrogen and oxygen atoms in total. The molecule has 0 bridgehead atoms. The maximum absolute atomic E-state index is 2.50. The molecule has 0 aromatic heterocycles. The molecular formula is C18H36. The molecule has 108 valence electrons. The molecule has 1 aliphatic carbocycles. The summed E-state index contributed by atoms with van der Waals surface area (Å²) < 4.78 is 0. The highest BCUT2D eigenvalue weighted by atomic mass is 14.5. The van der Waals surface area contributed by atoms with Crippen LogP contribution >= 0.6 is 0 Å². The van der Waals surface area contributed by atoms with Gasteiger partial charge in [-0.3, -0.25) is 0 Å². The zero-order chi connectivity index (χ0) is 14.3. The van der Waals surface area contributed by atoms with Crippen molar-refractivity contribution in [2.45, 2.75) is 75.2 Å². The minimum absolute atomic E-state index is 0.435. The topological polar surface area (TPSA) is 0 Å². The smallest absolute Gasteiger partial charge is 0.0316 e. The fraction of sp³-hybridized carbons (Fsp3) is 1.00. The lowest BCUT2D eigenvalue weighted by molar-refractivity contribution is -0.0336. The Labute approximate surface area is 116 Å². The van der Waals surface area contributed by atoms with Crippen molar-refractivity contribution in [3.8, 4) is 0 Å². The van der Waals surface area contributed by atoms with Crippen LogP contribution in [0.2, 0.25) is 0 Å². The van der Waals surface area contributed by atoms with Gasteiger partial charge in [0, 0.05) is 0 Å². The summed E-state index contributed by atoms with van der Waals surface area (Å²) >= 11 is 0. The maximum Gasteiger partial charge on any atom is -0.0316 e. The Bertz CT molecular complexity index is 266. The lowest BCUT2D eigenvalue weighted by Gasteiger charge is -2.53. The van der Waals surface area contributed by atoms with Crippen LogP contribution in [0.1, 0.15) is 75.2 Å². The SMILES string of the molecule is CC(C)C(C(C)CC1C(C)CC1(C)C)C(C)(C)C. The van der Waals surface area contributed by atoms with Gasteiger partial charge in [0.05, 0.1) is 0 Å². The largest absolute Gasteiger partial charge is 0.0625 e. The van der Waals surface area contributed by atoms with Crippen LogP contribution in [0.5, 0.6) is 0 Å². The molecule has 0 amide bonds. The van der Waals surface area contributed by atoms with Crippen molar-refractivity contribution in [2.24, 2.45) is 40.4 Å². The third-order valence-corrected chi connectivity index (χ3v) is 5.50. The molecule has 0 aromatic rings. The highest BCUT2D eigenvalue weighted by molar-refractivity contribution is 4.95. The molecule has 0 heterocycles. The number of rotatable bonds is 4. The minimum atomic E-state index is 0.435. The van der Waals surface area contributed by atoms with Crippen molar-refractivity contribution in [3.63, 3.8) is 0 Å². The van der Waals surface area contributed by atoms with Crippen LogP contribution in [0.25, 0.3) is 0 Å². The molecule has 4 atom stereocenters. The van der Waals surface area contributed by atoms with Crippen molar-refractivity contribution < 1.29 is 0 Å². The van der Waals surface area contributed by atoms with E-state index >= 15 is 0 Å². The first-order valence-electron chi connectivity index (χ1n) is 7.97. The van der Waals surface area contributed by atoms with Crippen molar-refractivity contribution in [3.05, 3.63) is 0 Å². The van der Waals surface area contributed by atoms with Gasteiger partial charge < -0.3 is 0 Å². The van der Waals surface area contributed by atoms with Crippen molar-refractivity contribution in [2.75, 3.05) is 0 Å². The van der Waals surface area contributed by atoms with Gasteiger partial charge >= 0.3 is 0 Å². The van der Waals surface area contributed by atoms with Gasteiger partial charge in [-0.05, 0) is 53.3 Å². The molecule has 0 spiro atoms. The first-order valence-corrected chi connectivity index (χ1v) is 7.97. The average molecular weight is 252 g/mol. The van der Waals surface area contributed by atoms with E-state index in [0.717, 1.165) is 29.6 Å². The van der Waals surface area contributed by atoms with Crippen molar-refractivity contribution in [1.29, 1.82) is 0 Å². The zero-order valence-corrected chi connectivity index (χ0v) is 14.3. The molecule has 0 saturated heterocycles. The van der Waals surface area contributed by atoms with Gasteiger partial charge in [-0.25, -0.2) is 0 Å². The van der Waals surface area contributed by atoms with Crippen LogP contribution in [0.15, 0.2) is 0 Å². The lowest BCUT2D eigenvalue weighted by atomic mass is 9.52. The summed E-state index contributed by atoms with van der Waals surface area (Å²) in [4.78, 5) is 0. The average Bonchev–Trinajstić information content (AvgIpc) is 2.10. The normalized spacial score (nSPS) is 31.0. The van der Waals surface area contributed by atoms with E-state index < -0.39 is 0 Å². The summed E-state index contributed by atoms with van der Waals surface area (Å²) in [6.45, 7) is 21.9. The fourth-order valence-electron chi connectivity index (χ4n) is 5.34. The number of hydrogen-bond acceptors (Lipinski definition) is 0. The quantitative estimate of drug-likeness (QED) is 0.574. The predicted octanol–water partition coefficient (Wildman–Crippen LogP) is 6.01. The first-order chi connectivity index (χ1) is 7.97. The van der Waals surface area contributed by atoms with Crippen LogP contribution in [0.4, 0.5) is 0 Å². The Hall–Kier alpha value is 0. The van der Waals surface area contributed by atoms with E-state index in [4.69, 9.17) is 0 Å². The third-order valence-electron chi connectivity index (χ3n) is 5.50. The molecule has 0 radical (unpaired) electrons. The van der Waals surface area contributed by atoms with Crippen LogP contribution in [0.3, 0.4) is 0 Å². The third kappa shape index (κ3) is 3.31. The van der Waals surface area contributed by atoms with E-state index in [9.17, 15) is 0 Å². The van der Waals surface area contributed by atoms with E-state index in [1.54, 1.807) is 0 Å². The molecule has 0 heteroatoms. The zero-order valence-electron chi connectivity index (χ0n) is 14.3. The predicted molar refractivity (Wildman–Crippen MR) is 82.6 cm³/mol. The summed E-state index contributed by atoms with van der Waals surface area (Å²) in [5, 5.41) is 0. The first kappa shape index (κ1) is 16.1. The van der Waals surface area contributed by atoms with E-state index in [1.807, 2.05) is 0 Å². The highest BCUT2D eigenvalue weighted by Gasteiger charge is 2.46. The Morgan fingerprint density at radius 3 is 1.89 bits per heavy atom. The summed E-state index contributed by atoms with van der Waals surface area (Å²) in [7, 11) is 0. The maximum atomic E-state index is 2.50. The summed E-state index contributed by atoms with van der Waals surface area (Å²) in [6.07, 6.45) is 2.85. The van der Waals surface area contributed by atoms with Crippen molar-refractivity contribution >= 4 is 0 Å². The van der Waals surface area contributed by atoms with Crippen LogP contribution in [-0.4, -0.2) is 0 Å². The molecule has 4 unspecified atom stereocenters. The van der Waals surface area contributed by atoms with Gasteiger partial charge in [0.1, 0.15) is 0 Å². The van der Waals surface area contributed by atoms with Gasteiger partial charge in [-0.1, -0.05) is 62.3 Å². The minimum Gasteiger partial charge on any atom is -0.0625 e. The summed E-state index contributed by atoms with van der Waals surface area (Å²) in [5.41, 5.74) is 1.03. The van der Waals surface area contributed by atoms with Crippen LogP contribution in [0, 0.1) is 40.4 Å². The second-order valence-electron chi connectivity index (χ2n) is 9.13. The molecule has 1 aliphatic rings. The summed E-state index contributed by atoms with van der Waals surface area (Å²) in [5.74, 6) is 4.35. The summed E-state index contributed by atoms with van der Waals surface area (Å²) in [6, 6.07) is 0. The monoisotopic (exact) mass is 252 g/mol. The molecule has 18 heavy (non-hydrogen) atoms. The van der Waals surface area contributed by atoms with Crippen molar-refractivity contribution in [1.82, 2.24) is 0 Å². The van der Waals surface area contributed by atoms with Gasteiger partial charge in [-0.2, -0.15) is 0 Å². The Kier molecular flexibility index (Phi) is 4.62. The van der Waals surface area contributed by atoms with E-state index in [0.29, 0.717) is 10.8 Å². The molecule has 0 aromatic carbocycles. The molecule has 1 saturated carbocycles. The molecule has 0 aliphatic heterocycles. The van der Waals surface area contributed by atoms with E-state index in [2.05, 4.69) is 62.3 Å². The van der Waals surface area contributed by atoms with E-state index in [-0.39, 0.29) is 0 Å². The van der Waals surface area contributed by atoms with Gasteiger partial charge in [0.25, 0.3) is 0 Å². The van der Waals surface area contributed by atoms with Gasteiger partial charge in [0.2, 0.25) is 0 Å². The van der Waals surface area contributed by atoms with Crippen LogP contribution < -0.4 is 0 Å². The Balaban J connectivity index is 2.71. The standard InChI is InChI=1S/C18H36/c1-12(2)16(17(5,6)7)13(3)10-15-14(4)11-18(15,8)9/h12-16H,10-11H2,1-9H3. The van der Waals surface area contributed by atoms with E-state index in [1.165, 1.54) is 12.8 Å². The highest BCUT2D eigenvalue weighted by Crippen LogP contribution is 2.54. The van der Waals surface area contributed by atoms with Gasteiger partial charge in [0.15, 0.2) is 0 Å². The number of hydrogen-bond donors (Lipinski definition) is 0. The second-order valence-corrected chi connectivity index (χ2v) is 9.13. The fourth-order valence-corrected chi connectivity index (χ4v) is 5.34. The molecule has 1 fully saturated rings. The Morgan fingerprint density at radius 2 is 1.61 bits per heavy atom. The Morgan fingerprint density at radius 1 is 1.11 bits per heavy atom.